The predicted octanol–water partition coefficient (Wildman–Crippen LogP) is 4.00. The van der Waals surface area contributed by atoms with Crippen LogP contribution in [-0.2, 0) is 6.54 Å². The van der Waals surface area contributed by atoms with Gasteiger partial charge in [-0.25, -0.2) is 4.98 Å². The van der Waals surface area contributed by atoms with Gasteiger partial charge in [-0.15, -0.1) is 0 Å². The number of nitrogens with zero attached hydrogens (tertiary/aromatic N) is 4. The number of hydrogen-bond acceptors (Lipinski definition) is 6. The Balaban J connectivity index is 1.54. The number of anilines is 2. The molecule has 0 radical (unpaired) electrons. The van der Waals surface area contributed by atoms with Gasteiger partial charge in [0.1, 0.15) is 5.82 Å². The van der Waals surface area contributed by atoms with Crippen molar-refractivity contribution in [2.24, 2.45) is 0 Å². The van der Waals surface area contributed by atoms with Crippen molar-refractivity contribution in [2.45, 2.75) is 25.3 Å². The van der Waals surface area contributed by atoms with Crippen molar-refractivity contribution >= 4 is 11.8 Å². The Morgan fingerprint density at radius 1 is 1.07 bits per heavy atom. The van der Waals surface area contributed by atoms with E-state index in [1.54, 1.807) is 6.20 Å². The summed E-state index contributed by atoms with van der Waals surface area (Å²) in [6, 6.07) is 16.0. The highest BCUT2D eigenvalue weighted by molar-refractivity contribution is 5.86. The molecule has 3 aromatic heterocycles. The van der Waals surface area contributed by atoms with Crippen LogP contribution in [-0.4, -0.2) is 25.1 Å². The molecule has 0 aliphatic heterocycles. The van der Waals surface area contributed by atoms with Gasteiger partial charge in [0.05, 0.1) is 17.0 Å². The van der Waals surface area contributed by atoms with E-state index in [1.807, 2.05) is 48.7 Å². The Morgan fingerprint density at radius 3 is 2.69 bits per heavy atom. The van der Waals surface area contributed by atoms with Crippen molar-refractivity contribution in [2.75, 3.05) is 11.1 Å². The Labute approximate surface area is 168 Å². The topological polar surface area (TPSA) is 105 Å². The first-order valence-corrected chi connectivity index (χ1v) is 9.69. The van der Waals surface area contributed by atoms with E-state index in [4.69, 9.17) is 10.7 Å². The lowest BCUT2D eigenvalue weighted by molar-refractivity contribution is 0.966. The molecular weight excluding hydrogens is 362 g/mol. The fraction of sp³-hybridized carbons (Fsp3) is 0.182. The molecule has 0 atom stereocenters. The van der Waals surface area contributed by atoms with Crippen molar-refractivity contribution < 1.29 is 0 Å². The molecule has 0 bridgehead atoms. The zero-order valence-electron chi connectivity index (χ0n) is 15.8. The van der Waals surface area contributed by atoms with Gasteiger partial charge >= 0.3 is 0 Å². The van der Waals surface area contributed by atoms with Crippen LogP contribution in [0.15, 0.2) is 60.9 Å². The molecule has 1 fully saturated rings. The Morgan fingerprint density at radius 2 is 1.93 bits per heavy atom. The minimum absolute atomic E-state index is 0.404. The second kappa shape index (κ2) is 7.35. The predicted molar refractivity (Wildman–Crippen MR) is 113 cm³/mol. The molecule has 0 unspecified atom stereocenters. The SMILES string of the molecule is Nc1nc(NCc2cccnc2)nc(-c2ccccc2)c1-c1cc(C2CC2)[nH]n1. The molecule has 3 heterocycles. The van der Waals surface area contributed by atoms with E-state index in [9.17, 15) is 0 Å². The molecule has 5 rings (SSSR count). The van der Waals surface area contributed by atoms with Crippen molar-refractivity contribution in [1.29, 1.82) is 0 Å². The lowest BCUT2D eigenvalue weighted by atomic mass is 10.0. The zero-order valence-corrected chi connectivity index (χ0v) is 15.8. The second-order valence-corrected chi connectivity index (χ2v) is 7.22. The first-order chi connectivity index (χ1) is 14.3. The van der Waals surface area contributed by atoms with E-state index < -0.39 is 0 Å². The molecule has 7 nitrogen and oxygen atoms in total. The number of nitrogens with one attached hydrogen (secondary N) is 2. The van der Waals surface area contributed by atoms with Crippen LogP contribution in [0.3, 0.4) is 0 Å². The van der Waals surface area contributed by atoms with Gasteiger partial charge in [0.25, 0.3) is 0 Å². The van der Waals surface area contributed by atoms with E-state index in [2.05, 4.69) is 31.5 Å². The molecule has 1 aliphatic carbocycles. The van der Waals surface area contributed by atoms with Crippen LogP contribution in [0.1, 0.15) is 30.0 Å². The van der Waals surface area contributed by atoms with Crippen molar-refractivity contribution in [1.82, 2.24) is 25.1 Å². The second-order valence-electron chi connectivity index (χ2n) is 7.22. The number of aromatic nitrogens is 5. The Kier molecular flexibility index (Phi) is 4.40. The molecule has 0 spiro atoms. The van der Waals surface area contributed by atoms with Gasteiger partial charge in [-0.05, 0) is 30.5 Å². The fourth-order valence-corrected chi connectivity index (χ4v) is 3.37. The number of hydrogen-bond donors (Lipinski definition) is 3. The van der Waals surface area contributed by atoms with Gasteiger partial charge in [-0.1, -0.05) is 36.4 Å². The molecule has 1 saturated carbocycles. The van der Waals surface area contributed by atoms with E-state index in [0.717, 1.165) is 33.8 Å². The summed E-state index contributed by atoms with van der Waals surface area (Å²) < 4.78 is 0. The summed E-state index contributed by atoms with van der Waals surface area (Å²) in [7, 11) is 0. The summed E-state index contributed by atoms with van der Waals surface area (Å²) in [5.74, 6) is 1.47. The Hall–Kier alpha value is -3.74. The van der Waals surface area contributed by atoms with Crippen molar-refractivity contribution in [3.63, 3.8) is 0 Å². The third kappa shape index (κ3) is 3.67. The normalized spacial score (nSPS) is 13.4. The fourth-order valence-electron chi connectivity index (χ4n) is 3.37. The summed E-state index contributed by atoms with van der Waals surface area (Å²) in [5.41, 5.74) is 11.9. The molecule has 144 valence electrons. The number of rotatable bonds is 6. The molecule has 4 aromatic rings. The number of aromatic amines is 1. The van der Waals surface area contributed by atoms with Crippen LogP contribution in [0.5, 0.6) is 0 Å². The number of pyridine rings is 1. The van der Waals surface area contributed by atoms with Crippen molar-refractivity contribution in [3.05, 3.63) is 72.2 Å². The number of nitrogens with two attached hydrogens (primary N) is 1. The first kappa shape index (κ1) is 17.4. The summed E-state index contributed by atoms with van der Waals surface area (Å²) in [4.78, 5) is 13.4. The largest absolute Gasteiger partial charge is 0.383 e. The van der Waals surface area contributed by atoms with Gasteiger partial charge in [-0.2, -0.15) is 10.1 Å². The minimum atomic E-state index is 0.404. The van der Waals surface area contributed by atoms with Crippen LogP contribution in [0.2, 0.25) is 0 Å². The van der Waals surface area contributed by atoms with Gasteiger partial charge in [0.2, 0.25) is 5.95 Å². The van der Waals surface area contributed by atoms with E-state index in [-0.39, 0.29) is 0 Å². The third-order valence-electron chi connectivity index (χ3n) is 5.03. The third-order valence-corrected chi connectivity index (χ3v) is 5.03. The summed E-state index contributed by atoms with van der Waals surface area (Å²) in [6.45, 7) is 0.565. The average Bonchev–Trinajstić information content (AvgIpc) is 3.51. The smallest absolute Gasteiger partial charge is 0.225 e. The maximum atomic E-state index is 6.40. The molecule has 4 N–H and O–H groups in total. The average molecular weight is 383 g/mol. The molecular formula is C22H21N7. The maximum Gasteiger partial charge on any atom is 0.225 e. The lowest BCUT2D eigenvalue weighted by Gasteiger charge is -2.13. The summed E-state index contributed by atoms with van der Waals surface area (Å²) >= 11 is 0. The zero-order chi connectivity index (χ0) is 19.6. The highest BCUT2D eigenvalue weighted by Crippen LogP contribution is 2.41. The molecule has 7 heteroatoms. The quantitative estimate of drug-likeness (QED) is 0.465. The highest BCUT2D eigenvalue weighted by atomic mass is 15.1. The van der Waals surface area contributed by atoms with Crippen LogP contribution < -0.4 is 11.1 Å². The standard InChI is InChI=1S/C22H21N7/c23-21-19(18-11-17(28-29-18)15-8-9-15)20(16-6-2-1-3-7-16)26-22(27-21)25-13-14-5-4-10-24-12-14/h1-7,10-12,15H,8-9,13H2,(H,28,29)(H3,23,25,26,27). The van der Waals surface area contributed by atoms with E-state index in [0.29, 0.717) is 24.2 Å². The van der Waals surface area contributed by atoms with E-state index in [1.165, 1.54) is 12.8 Å². The van der Waals surface area contributed by atoms with Crippen LogP contribution in [0.25, 0.3) is 22.5 Å². The van der Waals surface area contributed by atoms with Crippen LogP contribution in [0.4, 0.5) is 11.8 Å². The van der Waals surface area contributed by atoms with Gasteiger partial charge in [0, 0.05) is 36.1 Å². The van der Waals surface area contributed by atoms with Gasteiger partial charge in [0.15, 0.2) is 0 Å². The minimum Gasteiger partial charge on any atom is -0.383 e. The van der Waals surface area contributed by atoms with E-state index >= 15 is 0 Å². The monoisotopic (exact) mass is 383 g/mol. The number of H-pyrrole nitrogens is 1. The highest BCUT2D eigenvalue weighted by Gasteiger charge is 2.27. The van der Waals surface area contributed by atoms with Crippen LogP contribution >= 0.6 is 0 Å². The number of nitrogen functional groups attached to an aromatic ring is 1. The van der Waals surface area contributed by atoms with Crippen LogP contribution in [0, 0.1) is 0 Å². The summed E-state index contributed by atoms with van der Waals surface area (Å²) in [5, 5.41) is 10.9. The van der Waals surface area contributed by atoms with Gasteiger partial charge in [-0.3, -0.25) is 10.1 Å². The lowest BCUT2D eigenvalue weighted by Crippen LogP contribution is -2.08. The number of benzene rings is 1. The maximum absolute atomic E-state index is 6.40. The Bertz CT molecular complexity index is 1120. The van der Waals surface area contributed by atoms with Gasteiger partial charge < -0.3 is 11.1 Å². The van der Waals surface area contributed by atoms with Crippen molar-refractivity contribution in [3.8, 4) is 22.5 Å². The molecule has 0 saturated heterocycles. The molecule has 0 amide bonds. The molecule has 29 heavy (non-hydrogen) atoms. The molecule has 1 aliphatic rings. The molecule has 1 aromatic carbocycles. The summed E-state index contributed by atoms with van der Waals surface area (Å²) in [6.07, 6.45) is 5.97. The first-order valence-electron chi connectivity index (χ1n) is 9.69.